The van der Waals surface area contributed by atoms with E-state index in [2.05, 4.69) is 0 Å². The van der Waals surface area contributed by atoms with Crippen molar-refractivity contribution in [3.05, 3.63) is 28.8 Å². The van der Waals surface area contributed by atoms with Crippen LogP contribution in [0.1, 0.15) is 18.4 Å². The molecular weight excluding hydrogens is 284 g/mol. The number of likely N-dealkylation sites (N-methyl/N-ethyl adjacent to an activating group) is 1. The molecule has 0 unspecified atom stereocenters. The zero-order chi connectivity index (χ0) is 14.0. The van der Waals surface area contributed by atoms with Gasteiger partial charge >= 0.3 is 0 Å². The van der Waals surface area contributed by atoms with Gasteiger partial charge in [-0.25, -0.2) is 0 Å². The number of hydrogen-bond donors (Lipinski definition) is 1. The van der Waals surface area contributed by atoms with E-state index < -0.39 is 0 Å². The predicted molar refractivity (Wildman–Crippen MR) is 78.6 cm³/mol. The van der Waals surface area contributed by atoms with Crippen molar-refractivity contribution in [1.29, 1.82) is 0 Å². The van der Waals surface area contributed by atoms with Gasteiger partial charge in [0.2, 0.25) is 0 Å². The summed E-state index contributed by atoms with van der Waals surface area (Å²) in [5.74, 6) is 0.500. The van der Waals surface area contributed by atoms with Gasteiger partial charge in [0.05, 0.1) is 5.02 Å². The first-order valence-corrected chi connectivity index (χ1v) is 6.75. The van der Waals surface area contributed by atoms with E-state index in [1.807, 2.05) is 0 Å². The monoisotopic (exact) mass is 298 g/mol. The Hall–Kier alpha value is -1.33. The van der Waals surface area contributed by atoms with Crippen molar-refractivity contribution < 1.29 is 9.53 Å². The van der Waals surface area contributed by atoms with E-state index in [1.165, 1.54) is 0 Å². The van der Waals surface area contributed by atoms with Gasteiger partial charge in [0.15, 0.2) is 6.61 Å². The topological polar surface area (TPSA) is 55.6 Å². The molecule has 0 bridgehead atoms. The minimum atomic E-state index is -0.0305. The Morgan fingerprint density at radius 1 is 1.58 bits per heavy atom. The number of rotatable bonds is 5. The first-order chi connectivity index (χ1) is 8.99. The molecule has 0 saturated heterocycles. The summed E-state index contributed by atoms with van der Waals surface area (Å²) in [7, 11) is 1.80. The maximum Gasteiger partial charge on any atom is 0.260 e. The third kappa shape index (κ3) is 3.58. The van der Waals surface area contributed by atoms with E-state index in [9.17, 15) is 4.79 Å². The highest BCUT2D eigenvalue weighted by atomic mass is 35.5. The summed E-state index contributed by atoms with van der Waals surface area (Å²) in [6.45, 7) is 0.00967. The maximum absolute atomic E-state index is 11.8. The highest BCUT2D eigenvalue weighted by Gasteiger charge is 2.29. The van der Waals surface area contributed by atoms with E-state index in [0.717, 1.165) is 12.8 Å². The maximum atomic E-state index is 11.8. The second kappa shape index (κ2) is 5.75. The molecule has 0 heterocycles. The van der Waals surface area contributed by atoms with Gasteiger partial charge in [-0.1, -0.05) is 23.8 Å². The van der Waals surface area contributed by atoms with Crippen LogP contribution in [0.25, 0.3) is 0 Å². The first kappa shape index (κ1) is 14.1. The lowest BCUT2D eigenvalue weighted by atomic mass is 10.2. The van der Waals surface area contributed by atoms with Gasteiger partial charge in [0, 0.05) is 18.7 Å². The lowest BCUT2D eigenvalue weighted by Crippen LogP contribution is -2.33. The Labute approximate surface area is 122 Å². The molecule has 6 heteroatoms. The Morgan fingerprint density at radius 3 is 2.79 bits per heavy atom. The second-order valence-corrected chi connectivity index (χ2v) is 5.38. The van der Waals surface area contributed by atoms with E-state index in [-0.39, 0.29) is 17.5 Å². The highest BCUT2D eigenvalue weighted by molar-refractivity contribution is 7.80. The van der Waals surface area contributed by atoms with Crippen LogP contribution in [0, 0.1) is 0 Å². The average Bonchev–Trinajstić information content (AvgIpc) is 3.18. The molecule has 2 N–H and O–H groups in total. The third-order valence-electron chi connectivity index (χ3n) is 3.06. The Kier molecular flexibility index (Phi) is 4.27. The van der Waals surface area contributed by atoms with E-state index >= 15 is 0 Å². The minimum absolute atomic E-state index is 0.00967. The van der Waals surface area contributed by atoms with Gasteiger partial charge in [-0.2, -0.15) is 0 Å². The van der Waals surface area contributed by atoms with E-state index in [1.54, 1.807) is 30.1 Å². The molecule has 0 aromatic heterocycles. The van der Waals surface area contributed by atoms with Crippen LogP contribution in [0.15, 0.2) is 18.2 Å². The Balaban J connectivity index is 1.94. The Morgan fingerprint density at radius 2 is 2.26 bits per heavy atom. The van der Waals surface area contributed by atoms with Gasteiger partial charge in [-0.3, -0.25) is 4.79 Å². The van der Waals surface area contributed by atoms with Crippen LogP contribution in [0.5, 0.6) is 5.75 Å². The van der Waals surface area contributed by atoms with Crippen LogP contribution in [0.3, 0.4) is 0 Å². The summed E-state index contributed by atoms with van der Waals surface area (Å²) < 4.78 is 5.42. The normalized spacial score (nSPS) is 14.0. The Bertz CT molecular complexity index is 517. The molecule has 0 radical (unpaired) electrons. The molecule has 1 aromatic carbocycles. The molecule has 2 rings (SSSR count). The van der Waals surface area contributed by atoms with Crippen molar-refractivity contribution in [2.24, 2.45) is 5.73 Å². The lowest BCUT2D eigenvalue weighted by Gasteiger charge is -2.16. The molecule has 0 atom stereocenters. The third-order valence-corrected chi connectivity index (χ3v) is 3.59. The molecule has 1 amide bonds. The van der Waals surface area contributed by atoms with Crippen molar-refractivity contribution >= 4 is 34.7 Å². The number of carbonyl (C=O) groups is 1. The van der Waals surface area contributed by atoms with Crippen molar-refractivity contribution in [3.8, 4) is 5.75 Å². The average molecular weight is 299 g/mol. The van der Waals surface area contributed by atoms with Gasteiger partial charge in [0.1, 0.15) is 10.7 Å². The van der Waals surface area contributed by atoms with Gasteiger partial charge in [0.25, 0.3) is 5.91 Å². The van der Waals surface area contributed by atoms with Crippen LogP contribution in [0.2, 0.25) is 5.02 Å². The second-order valence-electron chi connectivity index (χ2n) is 4.53. The van der Waals surface area contributed by atoms with Gasteiger partial charge < -0.3 is 15.4 Å². The molecular formula is C13H15ClN2O2S. The zero-order valence-electron chi connectivity index (χ0n) is 10.6. The first-order valence-electron chi connectivity index (χ1n) is 5.97. The van der Waals surface area contributed by atoms with Gasteiger partial charge in [-0.15, -0.1) is 0 Å². The van der Waals surface area contributed by atoms with Crippen molar-refractivity contribution in [3.63, 3.8) is 0 Å². The van der Waals surface area contributed by atoms with Crippen molar-refractivity contribution in [1.82, 2.24) is 4.90 Å². The largest absolute Gasteiger partial charge is 0.484 e. The van der Waals surface area contributed by atoms with Crippen molar-refractivity contribution in [2.75, 3.05) is 13.7 Å². The molecule has 1 aliphatic rings. The molecule has 19 heavy (non-hydrogen) atoms. The molecule has 1 fully saturated rings. The van der Waals surface area contributed by atoms with E-state index in [4.69, 9.17) is 34.3 Å². The molecule has 0 spiro atoms. The van der Waals surface area contributed by atoms with Crippen LogP contribution in [-0.2, 0) is 4.79 Å². The van der Waals surface area contributed by atoms with E-state index in [0.29, 0.717) is 22.4 Å². The number of carbonyl (C=O) groups excluding carboxylic acids is 1. The standard InChI is InChI=1S/C13H15ClN2O2S/c1-16(8-2-3-8)12(17)7-18-9-4-5-10(13(15)19)11(14)6-9/h4-6,8H,2-3,7H2,1H3,(H2,15,19). The number of thiocarbonyl (C=S) groups is 1. The number of benzene rings is 1. The number of amides is 1. The summed E-state index contributed by atoms with van der Waals surface area (Å²) in [5.41, 5.74) is 6.11. The number of nitrogens with zero attached hydrogens (tertiary/aromatic N) is 1. The molecule has 1 aliphatic carbocycles. The number of ether oxygens (including phenoxy) is 1. The number of nitrogens with two attached hydrogens (primary N) is 1. The van der Waals surface area contributed by atoms with Crippen LogP contribution < -0.4 is 10.5 Å². The molecule has 1 aromatic rings. The smallest absolute Gasteiger partial charge is 0.260 e. The quantitative estimate of drug-likeness (QED) is 0.845. The fraction of sp³-hybridized carbons (Fsp3) is 0.385. The molecule has 4 nitrogen and oxygen atoms in total. The summed E-state index contributed by atoms with van der Waals surface area (Å²) in [5, 5.41) is 0.424. The minimum Gasteiger partial charge on any atom is -0.484 e. The van der Waals surface area contributed by atoms with Crippen LogP contribution >= 0.6 is 23.8 Å². The fourth-order valence-electron chi connectivity index (χ4n) is 1.70. The number of halogens is 1. The predicted octanol–water partition coefficient (Wildman–Crippen LogP) is 1.97. The van der Waals surface area contributed by atoms with Crippen molar-refractivity contribution in [2.45, 2.75) is 18.9 Å². The van der Waals surface area contributed by atoms with Gasteiger partial charge in [-0.05, 0) is 31.0 Å². The summed E-state index contributed by atoms with van der Waals surface area (Å²) in [6, 6.07) is 5.39. The number of hydrogen-bond acceptors (Lipinski definition) is 3. The summed E-state index contributed by atoms with van der Waals surface area (Å²) in [4.78, 5) is 13.7. The lowest BCUT2D eigenvalue weighted by molar-refractivity contribution is -0.132. The van der Waals surface area contributed by atoms with Crippen LogP contribution in [0.4, 0.5) is 0 Å². The van der Waals surface area contributed by atoms with Crippen LogP contribution in [-0.4, -0.2) is 35.5 Å². The molecule has 102 valence electrons. The molecule has 0 aliphatic heterocycles. The summed E-state index contributed by atoms with van der Waals surface area (Å²) in [6.07, 6.45) is 2.16. The fourth-order valence-corrected chi connectivity index (χ4v) is 2.20. The zero-order valence-corrected chi connectivity index (χ0v) is 12.1. The summed E-state index contributed by atoms with van der Waals surface area (Å²) >= 11 is 10.9. The highest BCUT2D eigenvalue weighted by Crippen LogP contribution is 2.26. The SMILES string of the molecule is CN(C(=O)COc1ccc(C(N)=S)c(Cl)c1)C1CC1. The molecule has 1 saturated carbocycles.